The molecule has 0 atom stereocenters. The Balaban J connectivity index is 1.61. The van der Waals surface area contributed by atoms with Crippen LogP contribution in [0.3, 0.4) is 0 Å². The molecule has 0 saturated heterocycles. The number of nitrogens with one attached hydrogen (secondary N) is 1. The Morgan fingerprint density at radius 2 is 1.93 bits per heavy atom. The third-order valence-electron chi connectivity index (χ3n) is 4.73. The number of nitrogens with zero attached hydrogens (tertiary/aromatic N) is 2. The van der Waals surface area contributed by atoms with Gasteiger partial charge in [-0.2, -0.15) is 0 Å². The highest BCUT2D eigenvalue weighted by Gasteiger charge is 2.22. The SMILES string of the molecule is O=c1[nH]c(-c2ccc(Cl)cc2)nc2c1CCN(Cc1ccc(O)cc1O)C2. The third kappa shape index (κ3) is 3.67. The molecular weight excluding hydrogens is 366 g/mol. The number of hydrogen-bond acceptors (Lipinski definition) is 5. The van der Waals surface area contributed by atoms with Gasteiger partial charge in [0.2, 0.25) is 0 Å². The molecule has 3 N–H and O–H groups in total. The van der Waals surface area contributed by atoms with E-state index in [1.165, 1.54) is 6.07 Å². The van der Waals surface area contributed by atoms with Crippen molar-refractivity contribution in [2.24, 2.45) is 0 Å². The summed E-state index contributed by atoms with van der Waals surface area (Å²) in [6.07, 6.45) is 0.595. The fourth-order valence-corrected chi connectivity index (χ4v) is 3.43. The van der Waals surface area contributed by atoms with Crippen molar-refractivity contribution < 1.29 is 10.2 Å². The van der Waals surface area contributed by atoms with Crippen molar-refractivity contribution in [1.29, 1.82) is 0 Å². The minimum Gasteiger partial charge on any atom is -0.508 e. The lowest BCUT2D eigenvalue weighted by atomic mass is 10.0. The molecule has 4 rings (SSSR count). The van der Waals surface area contributed by atoms with Crippen LogP contribution in [-0.2, 0) is 19.5 Å². The van der Waals surface area contributed by atoms with E-state index in [0.29, 0.717) is 42.5 Å². The van der Waals surface area contributed by atoms with Crippen molar-refractivity contribution in [1.82, 2.24) is 14.9 Å². The van der Waals surface area contributed by atoms with Crippen molar-refractivity contribution in [3.05, 3.63) is 74.7 Å². The van der Waals surface area contributed by atoms with E-state index in [-0.39, 0.29) is 17.1 Å². The Morgan fingerprint density at radius 1 is 1.15 bits per heavy atom. The fraction of sp³-hybridized carbons (Fsp3) is 0.200. The Bertz CT molecular complexity index is 1050. The van der Waals surface area contributed by atoms with Gasteiger partial charge < -0.3 is 15.2 Å². The molecule has 138 valence electrons. The molecule has 0 unspecified atom stereocenters. The van der Waals surface area contributed by atoms with Gasteiger partial charge in [0, 0.05) is 47.4 Å². The summed E-state index contributed by atoms with van der Waals surface area (Å²) in [5.41, 5.74) is 2.86. The topological polar surface area (TPSA) is 89.5 Å². The van der Waals surface area contributed by atoms with Gasteiger partial charge in [0.15, 0.2) is 0 Å². The van der Waals surface area contributed by atoms with Crippen molar-refractivity contribution in [3.8, 4) is 22.9 Å². The molecule has 6 nitrogen and oxygen atoms in total. The number of aromatic amines is 1. The number of halogens is 1. The Kier molecular flexibility index (Phi) is 4.59. The average molecular weight is 384 g/mol. The molecule has 0 bridgehead atoms. The zero-order valence-electron chi connectivity index (χ0n) is 14.4. The van der Waals surface area contributed by atoms with E-state index in [2.05, 4.69) is 14.9 Å². The van der Waals surface area contributed by atoms with E-state index in [0.717, 1.165) is 16.8 Å². The van der Waals surface area contributed by atoms with Gasteiger partial charge in [0.25, 0.3) is 5.56 Å². The molecule has 0 spiro atoms. The van der Waals surface area contributed by atoms with E-state index < -0.39 is 0 Å². The number of phenols is 2. The second-order valence-electron chi connectivity index (χ2n) is 6.62. The quantitative estimate of drug-likeness (QED) is 0.646. The summed E-state index contributed by atoms with van der Waals surface area (Å²) in [6, 6.07) is 11.7. The van der Waals surface area contributed by atoms with Crippen LogP contribution < -0.4 is 5.56 Å². The zero-order valence-corrected chi connectivity index (χ0v) is 15.2. The first-order valence-electron chi connectivity index (χ1n) is 8.61. The molecule has 0 amide bonds. The summed E-state index contributed by atoms with van der Waals surface area (Å²) >= 11 is 5.93. The van der Waals surface area contributed by atoms with Crippen LogP contribution >= 0.6 is 11.6 Å². The number of benzene rings is 2. The number of rotatable bonds is 3. The lowest BCUT2D eigenvalue weighted by Gasteiger charge is -2.28. The maximum absolute atomic E-state index is 12.5. The van der Waals surface area contributed by atoms with Crippen LogP contribution in [-0.4, -0.2) is 31.6 Å². The van der Waals surface area contributed by atoms with Crippen molar-refractivity contribution in [3.63, 3.8) is 0 Å². The summed E-state index contributed by atoms with van der Waals surface area (Å²) in [7, 11) is 0. The number of fused-ring (bicyclic) bond motifs is 1. The summed E-state index contributed by atoms with van der Waals surface area (Å²) < 4.78 is 0. The Labute approximate surface area is 160 Å². The molecule has 3 aromatic rings. The fourth-order valence-electron chi connectivity index (χ4n) is 3.30. The third-order valence-corrected chi connectivity index (χ3v) is 4.99. The van der Waals surface area contributed by atoms with Crippen LogP contribution in [0, 0.1) is 0 Å². The summed E-state index contributed by atoms with van der Waals surface area (Å²) in [4.78, 5) is 22.1. The van der Waals surface area contributed by atoms with Gasteiger partial charge >= 0.3 is 0 Å². The minimum absolute atomic E-state index is 0.0287. The van der Waals surface area contributed by atoms with Crippen LogP contribution in [0.5, 0.6) is 11.5 Å². The van der Waals surface area contributed by atoms with Crippen molar-refractivity contribution in [2.45, 2.75) is 19.5 Å². The van der Waals surface area contributed by atoms with Crippen LogP contribution in [0.25, 0.3) is 11.4 Å². The second-order valence-corrected chi connectivity index (χ2v) is 7.06. The predicted molar refractivity (Wildman–Crippen MR) is 103 cm³/mol. The molecule has 1 aliphatic rings. The van der Waals surface area contributed by atoms with Crippen LogP contribution in [0.15, 0.2) is 47.3 Å². The van der Waals surface area contributed by atoms with E-state index in [1.807, 2.05) is 12.1 Å². The van der Waals surface area contributed by atoms with E-state index in [4.69, 9.17) is 11.6 Å². The summed E-state index contributed by atoms with van der Waals surface area (Å²) in [5.74, 6) is 0.604. The first-order valence-corrected chi connectivity index (χ1v) is 8.98. The molecule has 1 aromatic heterocycles. The molecule has 2 heterocycles. The van der Waals surface area contributed by atoms with E-state index in [1.54, 1.807) is 24.3 Å². The van der Waals surface area contributed by atoms with Crippen LogP contribution in [0.1, 0.15) is 16.8 Å². The molecule has 0 saturated carbocycles. The van der Waals surface area contributed by atoms with Gasteiger partial charge in [0.1, 0.15) is 17.3 Å². The molecule has 1 aliphatic heterocycles. The standard InChI is InChI=1S/C20H18ClN3O3/c21-14-4-1-12(2-5-14)19-22-17-11-24(8-7-16(17)20(27)23-19)10-13-3-6-15(25)9-18(13)26/h1-6,9,25-26H,7-8,10-11H2,(H,22,23,27). The zero-order chi connectivity index (χ0) is 19.0. The summed E-state index contributed by atoms with van der Waals surface area (Å²) in [5, 5.41) is 20.1. The highest BCUT2D eigenvalue weighted by molar-refractivity contribution is 6.30. The molecular formula is C20H18ClN3O3. The monoisotopic (exact) mass is 383 g/mol. The summed E-state index contributed by atoms with van der Waals surface area (Å²) in [6.45, 7) is 1.72. The number of aromatic hydroxyl groups is 2. The predicted octanol–water partition coefficient (Wildman–Crippen LogP) is 3.06. The van der Waals surface area contributed by atoms with Gasteiger partial charge in [0.05, 0.1) is 5.69 Å². The van der Waals surface area contributed by atoms with Gasteiger partial charge in [-0.15, -0.1) is 0 Å². The van der Waals surface area contributed by atoms with Gasteiger partial charge in [-0.3, -0.25) is 9.69 Å². The van der Waals surface area contributed by atoms with Gasteiger partial charge in [-0.25, -0.2) is 4.98 Å². The van der Waals surface area contributed by atoms with Crippen molar-refractivity contribution >= 4 is 11.6 Å². The number of hydrogen-bond donors (Lipinski definition) is 3. The van der Waals surface area contributed by atoms with E-state index >= 15 is 0 Å². The first-order chi connectivity index (χ1) is 13.0. The molecule has 0 aliphatic carbocycles. The average Bonchev–Trinajstić information content (AvgIpc) is 2.64. The van der Waals surface area contributed by atoms with Gasteiger partial charge in [-0.05, 0) is 36.8 Å². The molecule has 0 radical (unpaired) electrons. The molecule has 27 heavy (non-hydrogen) atoms. The lowest BCUT2D eigenvalue weighted by molar-refractivity contribution is 0.237. The Morgan fingerprint density at radius 3 is 2.67 bits per heavy atom. The Hall–Kier alpha value is -2.83. The van der Waals surface area contributed by atoms with Crippen LogP contribution in [0.4, 0.5) is 0 Å². The molecule has 2 aromatic carbocycles. The number of H-pyrrole nitrogens is 1. The molecule has 7 heteroatoms. The highest BCUT2D eigenvalue weighted by atomic mass is 35.5. The normalized spacial score (nSPS) is 14.1. The highest BCUT2D eigenvalue weighted by Crippen LogP contribution is 2.26. The number of phenolic OH excluding ortho intramolecular Hbond substituents is 2. The van der Waals surface area contributed by atoms with Gasteiger partial charge in [-0.1, -0.05) is 17.7 Å². The number of aromatic nitrogens is 2. The molecule has 0 fully saturated rings. The first kappa shape index (κ1) is 17.6. The minimum atomic E-state index is -0.114. The van der Waals surface area contributed by atoms with Crippen molar-refractivity contribution in [2.75, 3.05) is 6.54 Å². The smallest absolute Gasteiger partial charge is 0.254 e. The van der Waals surface area contributed by atoms with E-state index in [9.17, 15) is 15.0 Å². The second kappa shape index (κ2) is 7.06. The lowest BCUT2D eigenvalue weighted by Crippen LogP contribution is -2.35. The largest absolute Gasteiger partial charge is 0.508 e. The maximum Gasteiger partial charge on any atom is 0.254 e. The van der Waals surface area contributed by atoms with Crippen LogP contribution in [0.2, 0.25) is 5.02 Å². The maximum atomic E-state index is 12.5.